The molecule has 0 aliphatic carbocycles. The number of halogens is 4. The Bertz CT molecular complexity index is 638. The van der Waals surface area contributed by atoms with E-state index in [9.17, 15) is 13.2 Å². The zero-order valence-electron chi connectivity index (χ0n) is 13.3. The van der Waals surface area contributed by atoms with E-state index in [0.29, 0.717) is 19.0 Å². The second-order valence-corrected chi connectivity index (χ2v) is 5.03. The maximum Gasteiger partial charge on any atom is 0.416 e. The minimum atomic E-state index is -4.31. The zero-order valence-corrected chi connectivity index (χ0v) is 15.6. The summed E-state index contributed by atoms with van der Waals surface area (Å²) >= 11 is 0. The number of hydrogen-bond donors (Lipinski definition) is 2. The Morgan fingerprint density at radius 2 is 1.92 bits per heavy atom. The largest absolute Gasteiger partial charge is 0.416 e. The number of aromatic nitrogens is 2. The molecule has 0 aliphatic rings. The molecule has 1 aromatic heterocycles. The Morgan fingerprint density at radius 1 is 1.25 bits per heavy atom. The molecule has 1 aromatic carbocycles. The summed E-state index contributed by atoms with van der Waals surface area (Å²) in [6.45, 7) is 0.977. The molecular weight excluding hydrogens is 434 g/mol. The first-order valence-electron chi connectivity index (χ1n) is 6.96. The summed E-state index contributed by atoms with van der Waals surface area (Å²) in [5.41, 5.74) is 1.03. The molecule has 2 N–H and O–H groups in total. The zero-order chi connectivity index (χ0) is 16.9. The topological polar surface area (TPSA) is 56.3 Å². The Balaban J connectivity index is 0.00000288. The number of rotatable bonds is 4. The lowest BCUT2D eigenvalue weighted by atomic mass is 10.1. The van der Waals surface area contributed by atoms with Crippen LogP contribution in [0.1, 0.15) is 16.8 Å². The van der Waals surface area contributed by atoms with Gasteiger partial charge < -0.3 is 10.2 Å². The third-order valence-electron chi connectivity index (χ3n) is 3.27. The first-order valence-corrected chi connectivity index (χ1v) is 6.96. The van der Waals surface area contributed by atoms with Gasteiger partial charge in [-0.05, 0) is 23.8 Å². The van der Waals surface area contributed by atoms with Crippen LogP contribution in [-0.2, 0) is 19.3 Å². The molecule has 0 saturated heterocycles. The fourth-order valence-corrected chi connectivity index (χ4v) is 2.09. The monoisotopic (exact) mass is 453 g/mol. The molecule has 2 aromatic rings. The molecule has 0 amide bonds. The van der Waals surface area contributed by atoms with Crippen LogP contribution in [0.3, 0.4) is 0 Å². The molecular formula is C15H19F3IN5. The standard InChI is InChI=1S/C15H18F3N5.HI/c1-19-14(20-9-13-7-8-21-22-13)23(2)10-11-3-5-12(6-4-11)15(16,17)18;/h3-8H,9-10H2,1-2H3,(H,19,20)(H,21,22);1H. The molecule has 0 saturated carbocycles. The molecule has 0 aliphatic heterocycles. The number of aliphatic imine (C=N–C) groups is 1. The third kappa shape index (κ3) is 5.69. The van der Waals surface area contributed by atoms with Gasteiger partial charge in [0.05, 0.1) is 17.8 Å². The van der Waals surface area contributed by atoms with Crippen LogP contribution in [0.4, 0.5) is 13.2 Å². The normalized spacial score (nSPS) is 11.8. The van der Waals surface area contributed by atoms with Gasteiger partial charge in [0.2, 0.25) is 0 Å². The number of guanidine groups is 1. The van der Waals surface area contributed by atoms with Gasteiger partial charge in [-0.1, -0.05) is 12.1 Å². The first kappa shape index (κ1) is 20.3. The summed E-state index contributed by atoms with van der Waals surface area (Å²) in [6, 6.07) is 6.97. The van der Waals surface area contributed by atoms with E-state index in [1.165, 1.54) is 12.1 Å². The highest BCUT2D eigenvalue weighted by Gasteiger charge is 2.29. The van der Waals surface area contributed by atoms with Crippen LogP contribution in [0.5, 0.6) is 0 Å². The van der Waals surface area contributed by atoms with Crippen molar-refractivity contribution in [3.63, 3.8) is 0 Å². The number of hydrogen-bond acceptors (Lipinski definition) is 2. The van der Waals surface area contributed by atoms with Crippen LogP contribution in [-0.4, -0.2) is 35.2 Å². The van der Waals surface area contributed by atoms with E-state index in [-0.39, 0.29) is 24.0 Å². The van der Waals surface area contributed by atoms with Crippen molar-refractivity contribution in [3.8, 4) is 0 Å². The Labute approximate surface area is 155 Å². The summed E-state index contributed by atoms with van der Waals surface area (Å²) in [5.74, 6) is 0.638. The molecule has 0 atom stereocenters. The summed E-state index contributed by atoms with van der Waals surface area (Å²) < 4.78 is 37.7. The number of H-pyrrole nitrogens is 1. The lowest BCUT2D eigenvalue weighted by Crippen LogP contribution is -2.38. The molecule has 0 spiro atoms. The average Bonchev–Trinajstić information content (AvgIpc) is 3.01. The summed E-state index contributed by atoms with van der Waals surface area (Å²) in [7, 11) is 3.47. The minimum absolute atomic E-state index is 0. The van der Waals surface area contributed by atoms with Crippen molar-refractivity contribution in [1.82, 2.24) is 20.4 Å². The summed E-state index contributed by atoms with van der Waals surface area (Å²) in [4.78, 5) is 5.99. The second-order valence-electron chi connectivity index (χ2n) is 5.03. The van der Waals surface area contributed by atoms with E-state index >= 15 is 0 Å². The van der Waals surface area contributed by atoms with Crippen LogP contribution < -0.4 is 5.32 Å². The Kier molecular flexibility index (Phi) is 7.52. The van der Waals surface area contributed by atoms with E-state index in [2.05, 4.69) is 20.5 Å². The molecule has 2 rings (SSSR count). The van der Waals surface area contributed by atoms with Crippen molar-refractivity contribution in [3.05, 3.63) is 53.3 Å². The Morgan fingerprint density at radius 3 is 2.42 bits per heavy atom. The smallest absolute Gasteiger partial charge is 0.351 e. The highest BCUT2D eigenvalue weighted by molar-refractivity contribution is 14.0. The second kappa shape index (κ2) is 8.90. The number of alkyl halides is 3. The molecule has 0 radical (unpaired) electrons. The summed E-state index contributed by atoms with van der Waals surface area (Å²) in [6.07, 6.45) is -2.65. The SMILES string of the molecule is CN=C(NCc1ccn[nH]1)N(C)Cc1ccc(C(F)(F)F)cc1.I. The van der Waals surface area contributed by atoms with Gasteiger partial charge in [-0.25, -0.2) is 0 Å². The Hall–Kier alpha value is -1.78. The van der Waals surface area contributed by atoms with Crippen molar-refractivity contribution in [1.29, 1.82) is 0 Å². The molecule has 0 fully saturated rings. The minimum Gasteiger partial charge on any atom is -0.351 e. The third-order valence-corrected chi connectivity index (χ3v) is 3.27. The average molecular weight is 453 g/mol. The highest BCUT2D eigenvalue weighted by Crippen LogP contribution is 2.29. The molecule has 1 heterocycles. The van der Waals surface area contributed by atoms with Gasteiger partial charge in [-0.2, -0.15) is 18.3 Å². The van der Waals surface area contributed by atoms with Gasteiger partial charge in [-0.3, -0.25) is 10.1 Å². The quantitative estimate of drug-likeness (QED) is 0.425. The molecule has 9 heteroatoms. The molecule has 132 valence electrons. The van der Waals surface area contributed by atoms with E-state index in [1.54, 1.807) is 13.2 Å². The van der Waals surface area contributed by atoms with Crippen molar-refractivity contribution < 1.29 is 13.2 Å². The van der Waals surface area contributed by atoms with Gasteiger partial charge in [0, 0.05) is 26.8 Å². The van der Waals surface area contributed by atoms with Crippen LogP contribution in [0.15, 0.2) is 41.5 Å². The van der Waals surface area contributed by atoms with Crippen LogP contribution in [0.25, 0.3) is 0 Å². The fourth-order valence-electron chi connectivity index (χ4n) is 2.09. The number of aromatic amines is 1. The van der Waals surface area contributed by atoms with E-state index in [4.69, 9.17) is 0 Å². The van der Waals surface area contributed by atoms with Gasteiger partial charge in [0.1, 0.15) is 0 Å². The number of benzene rings is 1. The lowest BCUT2D eigenvalue weighted by molar-refractivity contribution is -0.137. The van der Waals surface area contributed by atoms with Crippen molar-refractivity contribution in [2.75, 3.05) is 14.1 Å². The van der Waals surface area contributed by atoms with Crippen molar-refractivity contribution >= 4 is 29.9 Å². The molecule has 5 nitrogen and oxygen atoms in total. The molecule has 24 heavy (non-hydrogen) atoms. The molecule has 0 unspecified atom stereocenters. The maximum absolute atomic E-state index is 12.6. The van der Waals surface area contributed by atoms with E-state index < -0.39 is 11.7 Å². The van der Waals surface area contributed by atoms with Crippen LogP contribution >= 0.6 is 24.0 Å². The van der Waals surface area contributed by atoms with E-state index in [0.717, 1.165) is 23.4 Å². The van der Waals surface area contributed by atoms with Gasteiger partial charge in [0.15, 0.2) is 5.96 Å². The predicted octanol–water partition coefficient (Wildman–Crippen LogP) is 3.25. The van der Waals surface area contributed by atoms with Crippen molar-refractivity contribution in [2.24, 2.45) is 4.99 Å². The highest BCUT2D eigenvalue weighted by atomic mass is 127. The van der Waals surface area contributed by atoms with E-state index in [1.807, 2.05) is 18.0 Å². The first-order chi connectivity index (χ1) is 10.9. The maximum atomic E-state index is 12.6. The summed E-state index contributed by atoms with van der Waals surface area (Å²) in [5, 5.41) is 9.84. The van der Waals surface area contributed by atoms with Gasteiger partial charge in [0.25, 0.3) is 0 Å². The van der Waals surface area contributed by atoms with Gasteiger partial charge >= 0.3 is 6.18 Å². The van der Waals surface area contributed by atoms with Crippen LogP contribution in [0.2, 0.25) is 0 Å². The van der Waals surface area contributed by atoms with Crippen LogP contribution in [0, 0.1) is 0 Å². The predicted molar refractivity (Wildman–Crippen MR) is 97.1 cm³/mol. The number of nitrogens with one attached hydrogen (secondary N) is 2. The lowest BCUT2D eigenvalue weighted by Gasteiger charge is -2.22. The fraction of sp³-hybridized carbons (Fsp3) is 0.333. The number of nitrogens with zero attached hydrogens (tertiary/aromatic N) is 3. The van der Waals surface area contributed by atoms with Crippen molar-refractivity contribution in [2.45, 2.75) is 19.3 Å². The van der Waals surface area contributed by atoms with Gasteiger partial charge in [-0.15, -0.1) is 24.0 Å². The molecule has 0 bridgehead atoms.